The molecule has 0 saturated heterocycles. The molecule has 1 atom stereocenters. The minimum atomic E-state index is -3.74. The molecule has 0 spiro atoms. The van der Waals surface area contributed by atoms with Crippen LogP contribution >= 0.6 is 15.9 Å². The second kappa shape index (κ2) is 7.61. The van der Waals surface area contributed by atoms with Crippen LogP contribution < -0.4 is 4.72 Å². The van der Waals surface area contributed by atoms with E-state index in [1.54, 1.807) is 60.7 Å². The van der Waals surface area contributed by atoms with E-state index in [0.29, 0.717) is 16.8 Å². The molecule has 0 heterocycles. The van der Waals surface area contributed by atoms with Gasteiger partial charge >= 0.3 is 0 Å². The molecule has 134 valence electrons. The number of hydrogen-bond acceptors (Lipinski definition) is 3. The number of aryl methyl sites for hydroxylation is 1. The van der Waals surface area contributed by atoms with Crippen molar-refractivity contribution < 1.29 is 13.5 Å². The van der Waals surface area contributed by atoms with E-state index in [9.17, 15) is 13.5 Å². The number of sulfonamides is 1. The Kier molecular flexibility index (Phi) is 5.46. The molecule has 0 amide bonds. The second-order valence-electron chi connectivity index (χ2n) is 5.96. The summed E-state index contributed by atoms with van der Waals surface area (Å²) < 4.78 is 28.8. The Labute approximate surface area is 161 Å². The molecular weight excluding hydrogens is 414 g/mol. The van der Waals surface area contributed by atoms with Gasteiger partial charge in [0, 0.05) is 10.0 Å². The van der Waals surface area contributed by atoms with Crippen LogP contribution in [0.15, 0.2) is 82.2 Å². The average Bonchev–Trinajstić information content (AvgIpc) is 2.62. The molecule has 0 aliphatic carbocycles. The normalized spacial score (nSPS) is 12.6. The Morgan fingerprint density at radius 3 is 2.19 bits per heavy atom. The van der Waals surface area contributed by atoms with Crippen LogP contribution in [0.25, 0.3) is 0 Å². The van der Waals surface area contributed by atoms with Crippen LogP contribution in [0, 0.1) is 6.92 Å². The number of anilines is 1. The number of benzene rings is 3. The zero-order valence-electron chi connectivity index (χ0n) is 14.1. The monoisotopic (exact) mass is 431 g/mol. The maximum atomic E-state index is 12.7. The summed E-state index contributed by atoms with van der Waals surface area (Å²) >= 11 is 3.36. The molecule has 4 nitrogen and oxygen atoms in total. The standard InChI is InChI=1S/C20H18BrNO3S/c1-14-6-12-17(13-7-14)26(24,25)22-19-5-3-2-4-18(19)20(23)15-8-10-16(21)11-9-15/h2-13,20,22-23H,1H3/t20-/m0/s1. The minimum Gasteiger partial charge on any atom is -0.384 e. The van der Waals surface area contributed by atoms with Crippen LogP contribution in [0.2, 0.25) is 0 Å². The predicted octanol–water partition coefficient (Wildman–Crippen LogP) is 4.64. The van der Waals surface area contributed by atoms with E-state index < -0.39 is 16.1 Å². The Balaban J connectivity index is 1.94. The van der Waals surface area contributed by atoms with Crippen molar-refractivity contribution in [2.45, 2.75) is 17.9 Å². The minimum absolute atomic E-state index is 0.177. The number of aliphatic hydroxyl groups excluding tert-OH is 1. The van der Waals surface area contributed by atoms with E-state index in [1.807, 2.05) is 19.1 Å². The van der Waals surface area contributed by atoms with Crippen molar-refractivity contribution in [1.82, 2.24) is 0 Å². The molecule has 26 heavy (non-hydrogen) atoms. The Morgan fingerprint density at radius 1 is 0.923 bits per heavy atom. The van der Waals surface area contributed by atoms with Gasteiger partial charge in [0.15, 0.2) is 0 Å². The third-order valence-electron chi connectivity index (χ3n) is 4.02. The summed E-state index contributed by atoms with van der Waals surface area (Å²) in [6, 6.07) is 20.7. The first kappa shape index (κ1) is 18.6. The first-order valence-corrected chi connectivity index (χ1v) is 10.3. The number of rotatable bonds is 5. The third kappa shape index (κ3) is 4.15. The lowest BCUT2D eigenvalue weighted by molar-refractivity contribution is 0.221. The van der Waals surface area contributed by atoms with E-state index in [4.69, 9.17) is 0 Å². The average molecular weight is 432 g/mol. The lowest BCUT2D eigenvalue weighted by Gasteiger charge is -2.17. The van der Waals surface area contributed by atoms with Crippen LogP contribution in [-0.2, 0) is 10.0 Å². The number of para-hydroxylation sites is 1. The predicted molar refractivity (Wildman–Crippen MR) is 107 cm³/mol. The fourth-order valence-electron chi connectivity index (χ4n) is 2.57. The van der Waals surface area contributed by atoms with Gasteiger partial charge in [-0.25, -0.2) is 8.42 Å². The van der Waals surface area contributed by atoms with E-state index in [-0.39, 0.29) is 4.90 Å². The Morgan fingerprint density at radius 2 is 1.54 bits per heavy atom. The van der Waals surface area contributed by atoms with Gasteiger partial charge in [0.1, 0.15) is 6.10 Å². The van der Waals surface area contributed by atoms with Crippen LogP contribution in [0.3, 0.4) is 0 Å². The summed E-state index contributed by atoms with van der Waals surface area (Å²) in [4.78, 5) is 0.177. The van der Waals surface area contributed by atoms with Gasteiger partial charge in [-0.3, -0.25) is 4.72 Å². The van der Waals surface area contributed by atoms with Crippen molar-refractivity contribution in [3.8, 4) is 0 Å². The summed E-state index contributed by atoms with van der Waals surface area (Å²) in [6.45, 7) is 1.90. The Bertz CT molecular complexity index is 1000. The molecule has 2 N–H and O–H groups in total. The summed E-state index contributed by atoms with van der Waals surface area (Å²) in [6.07, 6.45) is -0.944. The number of aliphatic hydroxyl groups is 1. The highest BCUT2D eigenvalue weighted by Gasteiger charge is 2.19. The maximum Gasteiger partial charge on any atom is 0.261 e. The number of nitrogens with one attached hydrogen (secondary N) is 1. The van der Waals surface area contributed by atoms with Crippen molar-refractivity contribution in [2.24, 2.45) is 0 Å². The van der Waals surface area contributed by atoms with E-state index in [1.165, 1.54) is 0 Å². The molecule has 0 saturated carbocycles. The van der Waals surface area contributed by atoms with Gasteiger partial charge in [-0.2, -0.15) is 0 Å². The van der Waals surface area contributed by atoms with E-state index in [0.717, 1.165) is 10.0 Å². The summed E-state index contributed by atoms with van der Waals surface area (Å²) in [5.74, 6) is 0. The molecule has 3 aromatic rings. The van der Waals surface area contributed by atoms with Gasteiger partial charge in [-0.05, 0) is 42.8 Å². The highest BCUT2D eigenvalue weighted by molar-refractivity contribution is 9.10. The SMILES string of the molecule is Cc1ccc(S(=O)(=O)Nc2ccccc2[C@@H](O)c2ccc(Br)cc2)cc1. The van der Waals surface area contributed by atoms with Gasteiger partial charge in [0.2, 0.25) is 0 Å². The molecule has 0 fully saturated rings. The molecule has 0 bridgehead atoms. The van der Waals surface area contributed by atoms with Crippen LogP contribution in [-0.4, -0.2) is 13.5 Å². The summed E-state index contributed by atoms with van der Waals surface area (Å²) in [5, 5.41) is 10.7. The molecule has 6 heteroatoms. The van der Waals surface area contributed by atoms with Crippen LogP contribution in [0.5, 0.6) is 0 Å². The highest BCUT2D eigenvalue weighted by Crippen LogP contribution is 2.30. The van der Waals surface area contributed by atoms with Crippen molar-refractivity contribution in [3.05, 3.63) is 94.0 Å². The molecule has 0 aliphatic heterocycles. The van der Waals surface area contributed by atoms with E-state index >= 15 is 0 Å². The molecular formula is C20H18BrNO3S. The second-order valence-corrected chi connectivity index (χ2v) is 8.56. The molecule has 3 aromatic carbocycles. The number of hydrogen-bond donors (Lipinski definition) is 2. The van der Waals surface area contributed by atoms with Crippen molar-refractivity contribution in [1.29, 1.82) is 0 Å². The molecule has 0 aromatic heterocycles. The smallest absolute Gasteiger partial charge is 0.261 e. The van der Waals surface area contributed by atoms with Crippen LogP contribution in [0.4, 0.5) is 5.69 Å². The third-order valence-corrected chi connectivity index (χ3v) is 5.93. The van der Waals surface area contributed by atoms with Crippen LogP contribution in [0.1, 0.15) is 22.8 Å². The zero-order valence-corrected chi connectivity index (χ0v) is 16.5. The molecule has 3 rings (SSSR count). The quantitative estimate of drug-likeness (QED) is 0.618. The topological polar surface area (TPSA) is 66.4 Å². The van der Waals surface area contributed by atoms with Crippen molar-refractivity contribution in [3.63, 3.8) is 0 Å². The highest BCUT2D eigenvalue weighted by atomic mass is 79.9. The lowest BCUT2D eigenvalue weighted by Crippen LogP contribution is -2.15. The maximum absolute atomic E-state index is 12.7. The van der Waals surface area contributed by atoms with Crippen molar-refractivity contribution in [2.75, 3.05) is 4.72 Å². The zero-order chi connectivity index (χ0) is 18.7. The summed E-state index contributed by atoms with van der Waals surface area (Å²) in [5.41, 5.74) is 2.50. The summed E-state index contributed by atoms with van der Waals surface area (Å²) in [7, 11) is -3.74. The largest absolute Gasteiger partial charge is 0.384 e. The van der Waals surface area contributed by atoms with Gasteiger partial charge < -0.3 is 5.11 Å². The fraction of sp³-hybridized carbons (Fsp3) is 0.100. The first-order chi connectivity index (χ1) is 12.4. The molecule has 0 unspecified atom stereocenters. The molecule has 0 radical (unpaired) electrons. The number of halogens is 1. The fourth-order valence-corrected chi connectivity index (χ4v) is 3.93. The molecule has 0 aliphatic rings. The van der Waals surface area contributed by atoms with Gasteiger partial charge in [0.25, 0.3) is 10.0 Å². The van der Waals surface area contributed by atoms with Crippen molar-refractivity contribution >= 4 is 31.6 Å². The van der Waals surface area contributed by atoms with E-state index in [2.05, 4.69) is 20.7 Å². The van der Waals surface area contributed by atoms with Gasteiger partial charge in [-0.15, -0.1) is 0 Å². The first-order valence-electron chi connectivity index (χ1n) is 7.99. The lowest BCUT2D eigenvalue weighted by atomic mass is 10.0. The van der Waals surface area contributed by atoms with Gasteiger partial charge in [0.05, 0.1) is 10.6 Å². The Hall–Kier alpha value is -2.15. The van der Waals surface area contributed by atoms with Gasteiger partial charge in [-0.1, -0.05) is 64.0 Å².